The third-order valence-electron chi connectivity index (χ3n) is 10.1. The molecule has 15 heteroatoms. The summed E-state index contributed by atoms with van der Waals surface area (Å²) in [4.78, 5) is 70.9. The number of carbonyl (C=O) groups excluding carboxylic acids is 4. The van der Waals surface area contributed by atoms with Crippen LogP contribution in [0.2, 0.25) is 0 Å². The Hall–Kier alpha value is -4.86. The van der Waals surface area contributed by atoms with Crippen molar-refractivity contribution in [2.45, 2.75) is 110 Å². The number of cyclic esters (lactones) is 1. The van der Waals surface area contributed by atoms with Gasteiger partial charge in [0.25, 0.3) is 5.56 Å². The van der Waals surface area contributed by atoms with Crippen molar-refractivity contribution in [3.63, 3.8) is 0 Å². The molecule has 53 heavy (non-hydrogen) atoms. The number of aromatic hydroxyl groups is 1. The molecule has 1 aromatic carbocycles. The van der Waals surface area contributed by atoms with Gasteiger partial charge < -0.3 is 40.6 Å². The first-order valence-electron chi connectivity index (χ1n) is 18.4. The number of primary amides is 1. The molecule has 1 unspecified atom stereocenters. The fraction of sp³-hybridized carbons (Fsp3) is 0.526. The van der Waals surface area contributed by atoms with Crippen LogP contribution in [-0.2, 0) is 53.8 Å². The summed E-state index contributed by atoms with van der Waals surface area (Å²) in [5.74, 6) is -2.36. The Balaban J connectivity index is 1.31. The number of phenols is 1. The maximum atomic E-state index is 14.0. The number of aliphatic hydroxyl groups excluding tert-OH is 1. The molecule has 3 amide bonds. The number of nitrogens with one attached hydrogen (secondary N) is 2. The second kappa shape index (κ2) is 16.9. The summed E-state index contributed by atoms with van der Waals surface area (Å²) in [6.45, 7) is 5.80. The van der Waals surface area contributed by atoms with Crippen LogP contribution in [0.5, 0.6) is 5.75 Å². The molecule has 3 atom stereocenters. The number of fused-ring (bicyclic) bond motifs is 5. The Morgan fingerprint density at radius 2 is 1.87 bits per heavy atom. The van der Waals surface area contributed by atoms with Gasteiger partial charge >= 0.3 is 5.97 Å². The molecule has 6 N–H and O–H groups in total. The molecule has 4 heterocycles. The number of rotatable bonds is 18. The predicted octanol–water partition coefficient (Wildman–Crippen LogP) is 2.42. The number of nitrogens with two attached hydrogens (primary N) is 1. The Morgan fingerprint density at radius 3 is 2.57 bits per heavy atom. The molecular formula is C38H50N6O9. The summed E-state index contributed by atoms with van der Waals surface area (Å²) in [5, 5.41) is 27.4. The van der Waals surface area contributed by atoms with Gasteiger partial charge in [0.05, 0.1) is 35.4 Å². The number of carbonyl (C=O) groups is 4. The van der Waals surface area contributed by atoms with Crippen molar-refractivity contribution in [2.75, 3.05) is 20.1 Å². The minimum absolute atomic E-state index is 0.0130. The summed E-state index contributed by atoms with van der Waals surface area (Å²) >= 11 is 0. The van der Waals surface area contributed by atoms with Gasteiger partial charge in [0.1, 0.15) is 18.4 Å². The Kier molecular flexibility index (Phi) is 12.5. The molecule has 5 rings (SSSR count). The van der Waals surface area contributed by atoms with Crippen LogP contribution in [0.25, 0.3) is 22.3 Å². The summed E-state index contributed by atoms with van der Waals surface area (Å²) in [6, 6.07) is 5.51. The van der Waals surface area contributed by atoms with Crippen LogP contribution in [0.4, 0.5) is 0 Å². The molecule has 0 saturated carbocycles. The Morgan fingerprint density at radius 1 is 1.11 bits per heavy atom. The minimum atomic E-state index is -1.84. The predicted molar refractivity (Wildman–Crippen MR) is 195 cm³/mol. The number of aromatic nitrogens is 2. The van der Waals surface area contributed by atoms with Gasteiger partial charge in [0.15, 0.2) is 5.60 Å². The molecule has 2 aromatic heterocycles. The lowest BCUT2D eigenvalue weighted by Crippen LogP contribution is -2.52. The number of unbranched alkanes of at least 4 members (excludes halogenated alkanes) is 4. The van der Waals surface area contributed by atoms with E-state index in [2.05, 4.69) is 17.6 Å². The molecule has 3 aromatic rings. The van der Waals surface area contributed by atoms with Crippen LogP contribution >= 0.6 is 0 Å². The van der Waals surface area contributed by atoms with Crippen molar-refractivity contribution in [2.24, 2.45) is 5.73 Å². The Labute approximate surface area is 307 Å². The van der Waals surface area contributed by atoms with Gasteiger partial charge in [-0.15, -0.1) is 0 Å². The molecule has 0 spiro atoms. The maximum Gasteiger partial charge on any atom is 0.343 e. The normalized spacial score (nSPS) is 17.1. The van der Waals surface area contributed by atoms with Crippen molar-refractivity contribution in [3.8, 4) is 17.1 Å². The average Bonchev–Trinajstić information content (AvgIpc) is 3.49. The number of phenolic OH excluding ortho intramolecular Hbond substituents is 1. The number of likely N-dealkylation sites (N-methyl/N-ethyl adjacent to an activating group) is 1. The van der Waals surface area contributed by atoms with Crippen LogP contribution in [0.15, 0.2) is 29.1 Å². The van der Waals surface area contributed by atoms with Gasteiger partial charge in [-0.25, -0.2) is 9.78 Å². The second-order valence-electron chi connectivity index (χ2n) is 13.7. The maximum absolute atomic E-state index is 14.0. The zero-order valence-corrected chi connectivity index (χ0v) is 30.8. The zero-order valence-electron chi connectivity index (χ0n) is 30.8. The standard InChI is InChI=1S/C38H50N6O9/c1-5-8-9-10-11-12-32(47)41-29(19-31(39)46)34(48)40-15-16-43(4)37(51)53-38(7-3)27-18-30-33-25(20-44(30)35(49)26(27)21-52-36(38)50)23(6-2)24-17-22(45)13-14-28(24)42-33/h13-14,17-18,29,37,45,51H,5-12,15-16,19-21H2,1-4H3,(H2,39,46)(H,40,48)(H,41,47)/t29-,37?,38+/m1/s1. The molecule has 286 valence electrons. The van der Waals surface area contributed by atoms with Crippen molar-refractivity contribution < 1.29 is 38.9 Å². The van der Waals surface area contributed by atoms with Crippen LogP contribution in [0.1, 0.15) is 94.4 Å². The number of amides is 3. The lowest BCUT2D eigenvalue weighted by Gasteiger charge is -2.39. The van der Waals surface area contributed by atoms with Gasteiger partial charge in [0, 0.05) is 36.0 Å². The van der Waals surface area contributed by atoms with E-state index in [-0.39, 0.29) is 73.8 Å². The Bertz CT molecular complexity index is 1950. The van der Waals surface area contributed by atoms with E-state index in [0.29, 0.717) is 29.7 Å². The van der Waals surface area contributed by atoms with Crippen LogP contribution in [0.3, 0.4) is 0 Å². The van der Waals surface area contributed by atoms with E-state index in [1.807, 2.05) is 6.92 Å². The number of aliphatic hydroxyl groups is 1. The van der Waals surface area contributed by atoms with Crippen molar-refractivity contribution in [3.05, 3.63) is 56.9 Å². The molecule has 0 bridgehead atoms. The van der Waals surface area contributed by atoms with Crippen molar-refractivity contribution in [1.82, 2.24) is 25.1 Å². The van der Waals surface area contributed by atoms with E-state index in [9.17, 15) is 34.2 Å². The van der Waals surface area contributed by atoms with Gasteiger partial charge in [-0.3, -0.25) is 24.1 Å². The number of hydrogen-bond acceptors (Lipinski definition) is 11. The SMILES string of the molecule is CCCCCCCC(=O)N[C@H](CC(N)=O)C(=O)NCCN(C)C(O)O[C@]1(CC)C(=O)OCc2c1cc1n(c2=O)Cc2c-1nc1ccc(O)cc1c2CC. The largest absolute Gasteiger partial charge is 0.508 e. The zero-order chi connectivity index (χ0) is 38.4. The lowest BCUT2D eigenvalue weighted by atomic mass is 9.85. The molecule has 15 nitrogen and oxygen atoms in total. The number of esters is 1. The average molecular weight is 735 g/mol. The number of pyridine rings is 2. The van der Waals surface area contributed by atoms with E-state index >= 15 is 0 Å². The summed E-state index contributed by atoms with van der Waals surface area (Å²) < 4.78 is 13.2. The van der Waals surface area contributed by atoms with Crippen LogP contribution in [0, 0.1) is 0 Å². The summed E-state index contributed by atoms with van der Waals surface area (Å²) in [5.41, 5.74) is 7.20. The third kappa shape index (κ3) is 8.21. The number of aryl methyl sites for hydroxylation is 1. The second-order valence-corrected chi connectivity index (χ2v) is 13.7. The fourth-order valence-corrected chi connectivity index (χ4v) is 7.16. The topological polar surface area (TPSA) is 215 Å². The van der Waals surface area contributed by atoms with Gasteiger partial charge in [-0.2, -0.15) is 0 Å². The van der Waals surface area contributed by atoms with Gasteiger partial charge in [-0.05, 0) is 56.1 Å². The van der Waals surface area contributed by atoms with Crippen LogP contribution in [-0.4, -0.2) is 80.9 Å². The van der Waals surface area contributed by atoms with E-state index in [4.69, 9.17) is 20.2 Å². The highest BCUT2D eigenvalue weighted by Gasteiger charge is 2.50. The van der Waals surface area contributed by atoms with Crippen molar-refractivity contribution >= 4 is 34.6 Å². The molecule has 0 fully saturated rings. The third-order valence-corrected chi connectivity index (χ3v) is 10.1. The minimum Gasteiger partial charge on any atom is -0.508 e. The first-order valence-corrected chi connectivity index (χ1v) is 18.4. The number of hydrogen-bond donors (Lipinski definition) is 5. The molecule has 2 aliphatic rings. The highest BCUT2D eigenvalue weighted by atomic mass is 16.7. The van der Waals surface area contributed by atoms with Crippen LogP contribution < -0.4 is 21.9 Å². The molecule has 0 radical (unpaired) electrons. The number of benzene rings is 1. The highest BCUT2D eigenvalue weighted by molar-refractivity contribution is 5.92. The first-order chi connectivity index (χ1) is 25.3. The number of ether oxygens (including phenoxy) is 2. The monoisotopic (exact) mass is 734 g/mol. The van der Waals surface area contributed by atoms with E-state index < -0.39 is 35.8 Å². The molecular weight excluding hydrogens is 684 g/mol. The van der Waals surface area contributed by atoms with Crippen molar-refractivity contribution in [1.29, 1.82) is 0 Å². The molecule has 0 saturated heterocycles. The smallest absolute Gasteiger partial charge is 0.343 e. The van der Waals surface area contributed by atoms with E-state index in [1.165, 1.54) is 11.9 Å². The highest BCUT2D eigenvalue weighted by Crippen LogP contribution is 2.42. The summed E-state index contributed by atoms with van der Waals surface area (Å²) in [6.07, 6.45) is 3.56. The fourth-order valence-electron chi connectivity index (χ4n) is 7.16. The lowest BCUT2D eigenvalue weighted by molar-refractivity contribution is -0.260. The van der Waals surface area contributed by atoms with Gasteiger partial charge in [-0.1, -0.05) is 46.5 Å². The number of nitrogens with zero attached hydrogens (tertiary/aromatic N) is 3. The molecule has 0 aliphatic carbocycles. The quantitative estimate of drug-likeness (QED) is 0.0569. The summed E-state index contributed by atoms with van der Waals surface area (Å²) in [7, 11) is 1.52. The molecule has 2 aliphatic heterocycles. The van der Waals surface area contributed by atoms with E-state index in [0.717, 1.165) is 42.2 Å². The van der Waals surface area contributed by atoms with Gasteiger partial charge in [0.2, 0.25) is 24.1 Å². The first kappa shape index (κ1) is 39.3. The van der Waals surface area contributed by atoms with E-state index in [1.54, 1.807) is 35.8 Å².